The van der Waals surface area contributed by atoms with Gasteiger partial charge >= 0.3 is 0 Å². The van der Waals surface area contributed by atoms with Gasteiger partial charge in [-0.25, -0.2) is 0 Å². The topological polar surface area (TPSA) is 18.5 Å². The van der Waals surface area contributed by atoms with Crippen molar-refractivity contribution in [2.24, 2.45) is 0 Å². The Kier molecular flexibility index (Phi) is 2.73. The van der Waals surface area contributed by atoms with E-state index in [1.54, 1.807) is 0 Å². The molecule has 0 spiro atoms. The molecule has 0 aromatic rings. The molecule has 0 aliphatic carbocycles. The van der Waals surface area contributed by atoms with E-state index in [0.29, 0.717) is 6.61 Å². The van der Waals surface area contributed by atoms with Crippen LogP contribution in [0.2, 0.25) is 19.6 Å². The average Bonchev–Trinajstić information content (AvgIpc) is 1.85. The molecule has 0 atom stereocenters. The molecule has 0 saturated heterocycles. The fraction of sp³-hybridized carbons (Fsp3) is 0.750. The van der Waals surface area contributed by atoms with Gasteiger partial charge in [-0.2, -0.15) is 0 Å². The first-order valence-electron chi connectivity index (χ1n) is 4.04. The Morgan fingerprint density at radius 2 is 2.18 bits per heavy atom. The summed E-state index contributed by atoms with van der Waals surface area (Å²) in [7, 11) is -1.39. The van der Waals surface area contributed by atoms with Gasteiger partial charge in [-0.1, -0.05) is 0 Å². The molecular weight excluding hydrogens is 156 g/mol. The van der Waals surface area contributed by atoms with E-state index in [0.717, 1.165) is 18.8 Å². The van der Waals surface area contributed by atoms with Crippen molar-refractivity contribution in [2.45, 2.75) is 26.1 Å². The van der Waals surface area contributed by atoms with E-state index in [9.17, 15) is 0 Å². The SMILES string of the molecule is C[Si](C)(C)OC1=CCCOC1. The number of hydrogen-bond donors (Lipinski definition) is 0. The maximum atomic E-state index is 5.75. The predicted octanol–water partition coefficient (Wildman–Crippen LogP) is 2.14. The highest BCUT2D eigenvalue weighted by Crippen LogP contribution is 2.13. The number of hydrogen-bond acceptors (Lipinski definition) is 2. The summed E-state index contributed by atoms with van der Waals surface area (Å²) in [6, 6.07) is 0. The second-order valence-corrected chi connectivity index (χ2v) is 8.16. The van der Waals surface area contributed by atoms with Gasteiger partial charge in [0.15, 0.2) is 0 Å². The van der Waals surface area contributed by atoms with E-state index in [2.05, 4.69) is 25.7 Å². The van der Waals surface area contributed by atoms with Crippen molar-refractivity contribution in [1.82, 2.24) is 0 Å². The van der Waals surface area contributed by atoms with Crippen LogP contribution in [-0.2, 0) is 9.16 Å². The van der Waals surface area contributed by atoms with Crippen LogP contribution in [0.3, 0.4) is 0 Å². The minimum absolute atomic E-state index is 0.671. The van der Waals surface area contributed by atoms with E-state index >= 15 is 0 Å². The van der Waals surface area contributed by atoms with Gasteiger partial charge < -0.3 is 9.16 Å². The van der Waals surface area contributed by atoms with Gasteiger partial charge in [0.25, 0.3) is 0 Å². The van der Waals surface area contributed by atoms with Gasteiger partial charge in [-0.3, -0.25) is 0 Å². The van der Waals surface area contributed by atoms with E-state index in [1.165, 1.54) is 0 Å². The van der Waals surface area contributed by atoms with Crippen molar-refractivity contribution in [3.63, 3.8) is 0 Å². The van der Waals surface area contributed by atoms with Gasteiger partial charge in [-0.05, 0) is 32.1 Å². The molecule has 1 rings (SSSR count). The first kappa shape index (κ1) is 8.81. The summed E-state index contributed by atoms with van der Waals surface area (Å²) in [5, 5.41) is 0. The Hall–Kier alpha value is -0.283. The summed E-state index contributed by atoms with van der Waals surface area (Å²) >= 11 is 0. The fourth-order valence-electron chi connectivity index (χ4n) is 0.999. The van der Waals surface area contributed by atoms with Gasteiger partial charge in [0, 0.05) is 0 Å². The number of ether oxygens (including phenoxy) is 1. The highest BCUT2D eigenvalue weighted by molar-refractivity contribution is 6.70. The zero-order valence-corrected chi connectivity index (χ0v) is 8.52. The molecule has 0 bridgehead atoms. The molecule has 0 unspecified atom stereocenters. The van der Waals surface area contributed by atoms with E-state index in [-0.39, 0.29) is 0 Å². The van der Waals surface area contributed by atoms with Crippen LogP contribution in [0.5, 0.6) is 0 Å². The smallest absolute Gasteiger partial charge is 0.241 e. The highest BCUT2D eigenvalue weighted by atomic mass is 28.4. The lowest BCUT2D eigenvalue weighted by molar-refractivity contribution is 0.120. The lowest BCUT2D eigenvalue weighted by Crippen LogP contribution is -2.27. The minimum atomic E-state index is -1.39. The Bertz CT molecular complexity index is 158. The van der Waals surface area contributed by atoms with Crippen LogP contribution in [0.1, 0.15) is 6.42 Å². The Balaban J connectivity index is 2.42. The van der Waals surface area contributed by atoms with E-state index in [1.807, 2.05) is 0 Å². The normalized spacial score (nSPS) is 19.4. The molecule has 0 aromatic heterocycles. The molecule has 3 heteroatoms. The zero-order valence-electron chi connectivity index (χ0n) is 7.52. The number of rotatable bonds is 2. The van der Waals surface area contributed by atoms with Crippen LogP contribution < -0.4 is 0 Å². The van der Waals surface area contributed by atoms with Gasteiger partial charge in [0.05, 0.1) is 6.61 Å². The largest absolute Gasteiger partial charge is 0.546 e. The van der Waals surface area contributed by atoms with Crippen LogP contribution in [0.4, 0.5) is 0 Å². The predicted molar refractivity (Wildman–Crippen MR) is 48.0 cm³/mol. The lowest BCUT2D eigenvalue weighted by atomic mass is 10.3. The Morgan fingerprint density at radius 1 is 1.45 bits per heavy atom. The van der Waals surface area contributed by atoms with Crippen LogP contribution in [0, 0.1) is 0 Å². The van der Waals surface area contributed by atoms with Crippen LogP contribution in [0.15, 0.2) is 11.8 Å². The molecule has 1 aliphatic heterocycles. The van der Waals surface area contributed by atoms with Crippen LogP contribution in [-0.4, -0.2) is 21.5 Å². The van der Waals surface area contributed by atoms with Crippen molar-refractivity contribution in [3.05, 3.63) is 11.8 Å². The molecule has 0 fully saturated rings. The van der Waals surface area contributed by atoms with Gasteiger partial charge in [0.2, 0.25) is 8.32 Å². The standard InChI is InChI=1S/C8H16O2Si/c1-11(2,3)10-8-5-4-6-9-7-8/h5H,4,6-7H2,1-3H3. The molecule has 11 heavy (non-hydrogen) atoms. The fourth-order valence-corrected chi connectivity index (χ4v) is 1.93. The molecule has 1 aliphatic rings. The molecule has 0 radical (unpaired) electrons. The van der Waals surface area contributed by atoms with Gasteiger partial charge in [-0.15, -0.1) is 0 Å². The molecule has 2 nitrogen and oxygen atoms in total. The molecular formula is C8H16O2Si. The van der Waals surface area contributed by atoms with Crippen molar-refractivity contribution in [3.8, 4) is 0 Å². The summed E-state index contributed by atoms with van der Waals surface area (Å²) < 4.78 is 11.0. The third kappa shape index (κ3) is 3.58. The second kappa shape index (κ2) is 3.41. The lowest BCUT2D eigenvalue weighted by Gasteiger charge is -2.23. The maximum absolute atomic E-state index is 5.75. The molecule has 1 heterocycles. The Labute approximate surface area is 69.3 Å². The first-order valence-corrected chi connectivity index (χ1v) is 7.44. The minimum Gasteiger partial charge on any atom is -0.546 e. The quantitative estimate of drug-likeness (QED) is 0.594. The van der Waals surface area contributed by atoms with E-state index < -0.39 is 8.32 Å². The van der Waals surface area contributed by atoms with Crippen LogP contribution >= 0.6 is 0 Å². The summed E-state index contributed by atoms with van der Waals surface area (Å²) in [6.07, 6.45) is 3.14. The van der Waals surface area contributed by atoms with Crippen molar-refractivity contribution in [2.75, 3.05) is 13.2 Å². The van der Waals surface area contributed by atoms with Crippen molar-refractivity contribution >= 4 is 8.32 Å². The maximum Gasteiger partial charge on any atom is 0.241 e. The molecule has 64 valence electrons. The second-order valence-electron chi connectivity index (χ2n) is 3.73. The van der Waals surface area contributed by atoms with Crippen molar-refractivity contribution in [1.29, 1.82) is 0 Å². The summed E-state index contributed by atoms with van der Waals surface area (Å²) in [6.45, 7) is 8.07. The third-order valence-corrected chi connectivity index (χ3v) is 2.19. The van der Waals surface area contributed by atoms with Crippen molar-refractivity contribution < 1.29 is 9.16 Å². The zero-order chi connectivity index (χ0) is 8.32. The summed E-state index contributed by atoms with van der Waals surface area (Å²) in [5.74, 6) is 1.04. The highest BCUT2D eigenvalue weighted by Gasteiger charge is 2.18. The average molecular weight is 172 g/mol. The summed E-state index contributed by atoms with van der Waals surface area (Å²) in [5.41, 5.74) is 0. The Morgan fingerprint density at radius 3 is 2.64 bits per heavy atom. The van der Waals surface area contributed by atoms with Crippen LogP contribution in [0.25, 0.3) is 0 Å². The molecule has 0 N–H and O–H groups in total. The third-order valence-electron chi connectivity index (χ3n) is 1.32. The summed E-state index contributed by atoms with van der Waals surface area (Å²) in [4.78, 5) is 0. The molecule has 0 saturated carbocycles. The monoisotopic (exact) mass is 172 g/mol. The van der Waals surface area contributed by atoms with E-state index in [4.69, 9.17) is 9.16 Å². The first-order chi connectivity index (χ1) is 5.08. The van der Waals surface area contributed by atoms with Gasteiger partial charge in [0.1, 0.15) is 12.4 Å². The molecule has 0 aromatic carbocycles. The molecule has 0 amide bonds.